The number of ether oxygens (including phenoxy) is 1. The zero-order valence-electron chi connectivity index (χ0n) is 17.1. The first kappa shape index (κ1) is 21.6. The molecule has 29 heavy (non-hydrogen) atoms. The summed E-state index contributed by atoms with van der Waals surface area (Å²) < 4.78 is 46.6. The Morgan fingerprint density at radius 1 is 1.17 bits per heavy atom. The molecule has 1 heterocycles. The van der Waals surface area contributed by atoms with Crippen LogP contribution in [0.25, 0.3) is 0 Å². The summed E-state index contributed by atoms with van der Waals surface area (Å²) in [6.07, 6.45) is 3.90. The number of halogens is 1. The van der Waals surface area contributed by atoms with E-state index in [0.717, 1.165) is 44.0 Å². The molecular formula is C22H29FN2O3S. The predicted octanol–water partition coefficient (Wildman–Crippen LogP) is 3.91. The third-order valence-electron chi connectivity index (χ3n) is 5.07. The Morgan fingerprint density at radius 3 is 2.72 bits per heavy atom. The van der Waals surface area contributed by atoms with Crippen LogP contribution >= 0.6 is 0 Å². The largest absolute Gasteiger partial charge is 0.491 e. The van der Waals surface area contributed by atoms with Gasteiger partial charge in [-0.2, -0.15) is 0 Å². The molecule has 0 atom stereocenters. The minimum atomic E-state index is -3.77. The number of anilines is 1. The molecular weight excluding hydrogens is 391 g/mol. The predicted molar refractivity (Wildman–Crippen MR) is 114 cm³/mol. The van der Waals surface area contributed by atoms with Crippen molar-refractivity contribution in [3.8, 4) is 5.75 Å². The van der Waals surface area contributed by atoms with E-state index in [2.05, 4.69) is 34.7 Å². The highest BCUT2D eigenvalue weighted by Gasteiger charge is 2.18. The van der Waals surface area contributed by atoms with Crippen molar-refractivity contribution in [3.05, 3.63) is 53.3 Å². The monoisotopic (exact) mass is 420 g/mol. The maximum atomic E-state index is 14.0. The summed E-state index contributed by atoms with van der Waals surface area (Å²) in [5, 5.41) is 0. The van der Waals surface area contributed by atoms with Crippen LogP contribution in [0.5, 0.6) is 5.75 Å². The minimum Gasteiger partial charge on any atom is -0.491 e. The molecule has 0 radical (unpaired) electrons. The molecule has 1 N–H and O–H groups in total. The molecule has 0 spiro atoms. The number of sulfonamides is 1. The van der Waals surface area contributed by atoms with Crippen molar-refractivity contribution < 1.29 is 17.5 Å². The van der Waals surface area contributed by atoms with E-state index in [1.165, 1.54) is 23.4 Å². The first-order valence-electron chi connectivity index (χ1n) is 10.2. The lowest BCUT2D eigenvalue weighted by atomic mass is 9.98. The Morgan fingerprint density at radius 2 is 2.00 bits per heavy atom. The molecule has 2 aromatic carbocycles. The van der Waals surface area contributed by atoms with Crippen molar-refractivity contribution >= 4 is 15.7 Å². The summed E-state index contributed by atoms with van der Waals surface area (Å²) in [6.45, 7) is 6.66. The van der Waals surface area contributed by atoms with Crippen molar-refractivity contribution in [3.63, 3.8) is 0 Å². The zero-order valence-corrected chi connectivity index (χ0v) is 17.9. The average molecular weight is 421 g/mol. The van der Waals surface area contributed by atoms with Crippen molar-refractivity contribution in [2.24, 2.45) is 0 Å². The van der Waals surface area contributed by atoms with Crippen LogP contribution in [0, 0.1) is 5.82 Å². The topological polar surface area (TPSA) is 58.6 Å². The van der Waals surface area contributed by atoms with E-state index in [4.69, 9.17) is 4.74 Å². The summed E-state index contributed by atoms with van der Waals surface area (Å²) in [4.78, 5) is 2.32. The van der Waals surface area contributed by atoms with Crippen LogP contribution in [-0.4, -0.2) is 34.7 Å². The highest BCUT2D eigenvalue weighted by atomic mass is 32.2. The van der Waals surface area contributed by atoms with Crippen LogP contribution in [-0.2, 0) is 22.9 Å². The molecule has 7 heteroatoms. The van der Waals surface area contributed by atoms with Crippen LogP contribution < -0.4 is 14.4 Å². The standard InChI is InChI=1S/C22H29FN2O3S/c1-3-13-25-14-5-6-18-15-17(7-9-21(18)25)11-12-24-29(26,27)19-8-10-22(28-4-2)20(23)16-19/h7-10,15-16,24H,3-6,11-14H2,1-2H3. The van der Waals surface area contributed by atoms with E-state index in [0.29, 0.717) is 13.0 Å². The van der Waals surface area contributed by atoms with Gasteiger partial charge in [0.05, 0.1) is 11.5 Å². The highest BCUT2D eigenvalue weighted by molar-refractivity contribution is 7.89. The van der Waals surface area contributed by atoms with Gasteiger partial charge in [-0.15, -0.1) is 0 Å². The molecule has 0 saturated carbocycles. The van der Waals surface area contributed by atoms with E-state index >= 15 is 0 Å². The fraction of sp³-hybridized carbons (Fsp3) is 0.455. The number of nitrogens with one attached hydrogen (secondary N) is 1. The van der Waals surface area contributed by atoms with Crippen molar-refractivity contribution in [1.29, 1.82) is 0 Å². The first-order valence-corrected chi connectivity index (χ1v) is 11.7. The molecule has 0 bridgehead atoms. The van der Waals surface area contributed by atoms with Gasteiger partial charge in [0, 0.05) is 25.3 Å². The quantitative estimate of drug-likeness (QED) is 0.668. The number of hydrogen-bond acceptors (Lipinski definition) is 4. The second-order valence-electron chi connectivity index (χ2n) is 7.23. The first-order chi connectivity index (χ1) is 13.9. The van der Waals surface area contributed by atoms with Crippen LogP contribution in [0.15, 0.2) is 41.3 Å². The highest BCUT2D eigenvalue weighted by Crippen LogP contribution is 2.28. The van der Waals surface area contributed by atoms with Crippen molar-refractivity contribution in [1.82, 2.24) is 4.72 Å². The van der Waals surface area contributed by atoms with E-state index in [1.807, 2.05) is 0 Å². The van der Waals surface area contributed by atoms with Gasteiger partial charge in [-0.1, -0.05) is 19.1 Å². The maximum absolute atomic E-state index is 14.0. The Labute approximate surface area is 172 Å². The summed E-state index contributed by atoms with van der Waals surface area (Å²) in [7, 11) is -3.77. The maximum Gasteiger partial charge on any atom is 0.240 e. The molecule has 0 amide bonds. The molecule has 3 rings (SSSR count). The van der Waals surface area contributed by atoms with Crippen LogP contribution in [0.1, 0.15) is 37.8 Å². The van der Waals surface area contributed by atoms with E-state index < -0.39 is 15.8 Å². The zero-order chi connectivity index (χ0) is 20.9. The number of fused-ring (bicyclic) bond motifs is 1. The minimum absolute atomic E-state index is 0.0534. The van der Waals surface area contributed by atoms with Gasteiger partial charge >= 0.3 is 0 Å². The smallest absolute Gasteiger partial charge is 0.240 e. The molecule has 1 aliphatic rings. The number of benzene rings is 2. The molecule has 0 aromatic heterocycles. The number of nitrogens with zero attached hydrogens (tertiary/aromatic N) is 1. The second-order valence-corrected chi connectivity index (χ2v) is 8.99. The Hall–Kier alpha value is -2.12. The Kier molecular flexibility index (Phi) is 7.14. The van der Waals surface area contributed by atoms with Gasteiger partial charge in [0.15, 0.2) is 11.6 Å². The van der Waals surface area contributed by atoms with Gasteiger partial charge in [0.1, 0.15) is 0 Å². The molecule has 0 aliphatic carbocycles. The van der Waals surface area contributed by atoms with Gasteiger partial charge in [-0.25, -0.2) is 17.5 Å². The second kappa shape index (κ2) is 9.59. The SMILES string of the molecule is CCCN1CCCc2cc(CCNS(=O)(=O)c3ccc(OCC)c(F)c3)ccc21. The molecule has 1 aliphatic heterocycles. The fourth-order valence-corrected chi connectivity index (χ4v) is 4.76. The van der Waals surface area contributed by atoms with Gasteiger partial charge in [0.25, 0.3) is 0 Å². The van der Waals surface area contributed by atoms with Crippen LogP contribution in [0.2, 0.25) is 0 Å². The van der Waals surface area contributed by atoms with Crippen LogP contribution in [0.4, 0.5) is 10.1 Å². The molecule has 158 valence electrons. The van der Waals surface area contributed by atoms with Gasteiger partial charge < -0.3 is 9.64 Å². The lowest BCUT2D eigenvalue weighted by Gasteiger charge is -2.31. The lowest BCUT2D eigenvalue weighted by molar-refractivity contribution is 0.321. The molecule has 0 saturated heterocycles. The Balaban J connectivity index is 1.63. The summed E-state index contributed by atoms with van der Waals surface area (Å²) in [5.41, 5.74) is 3.73. The van der Waals surface area contributed by atoms with E-state index in [-0.39, 0.29) is 17.2 Å². The fourth-order valence-electron chi connectivity index (χ4n) is 3.72. The number of aryl methyl sites for hydroxylation is 1. The normalized spacial score (nSPS) is 14.0. The summed E-state index contributed by atoms with van der Waals surface area (Å²) in [5.74, 6) is -0.626. The average Bonchev–Trinajstić information content (AvgIpc) is 2.70. The lowest BCUT2D eigenvalue weighted by Crippen LogP contribution is -2.30. The van der Waals surface area contributed by atoms with Gasteiger partial charge in [-0.05, 0) is 68.0 Å². The van der Waals surface area contributed by atoms with Crippen molar-refractivity contribution in [2.75, 3.05) is 31.1 Å². The third-order valence-corrected chi connectivity index (χ3v) is 6.53. The van der Waals surface area contributed by atoms with E-state index in [9.17, 15) is 12.8 Å². The van der Waals surface area contributed by atoms with Crippen LogP contribution in [0.3, 0.4) is 0 Å². The van der Waals surface area contributed by atoms with Crippen molar-refractivity contribution in [2.45, 2.75) is 44.4 Å². The molecule has 2 aromatic rings. The summed E-state index contributed by atoms with van der Waals surface area (Å²) in [6, 6.07) is 10.1. The summed E-state index contributed by atoms with van der Waals surface area (Å²) >= 11 is 0. The third kappa shape index (κ3) is 5.28. The molecule has 0 fully saturated rings. The molecule has 5 nitrogen and oxygen atoms in total. The molecule has 0 unspecified atom stereocenters. The van der Waals surface area contributed by atoms with Gasteiger partial charge in [0.2, 0.25) is 10.0 Å². The van der Waals surface area contributed by atoms with E-state index in [1.54, 1.807) is 6.92 Å². The number of hydrogen-bond donors (Lipinski definition) is 1. The van der Waals surface area contributed by atoms with Gasteiger partial charge in [-0.3, -0.25) is 0 Å². The number of rotatable bonds is 9. The Bertz CT molecular complexity index is 947.